The molecule has 20 heavy (non-hydrogen) atoms. The highest BCUT2D eigenvalue weighted by molar-refractivity contribution is 6.30. The Bertz CT molecular complexity index is 426. The molecular weight excluding hydrogens is 280 g/mol. The molecule has 0 radical (unpaired) electrons. The molecular formula is C15H19ClO4. The van der Waals surface area contributed by atoms with Crippen molar-refractivity contribution >= 4 is 17.6 Å². The minimum absolute atomic E-state index is 0.217. The van der Waals surface area contributed by atoms with E-state index in [4.69, 9.17) is 25.8 Å². The van der Waals surface area contributed by atoms with E-state index in [-0.39, 0.29) is 17.8 Å². The molecule has 1 fully saturated rings. The van der Waals surface area contributed by atoms with Gasteiger partial charge in [-0.1, -0.05) is 11.6 Å². The molecule has 0 aromatic heterocycles. The van der Waals surface area contributed by atoms with Crippen LogP contribution < -0.4 is 4.74 Å². The van der Waals surface area contributed by atoms with Crippen LogP contribution in [0, 0.1) is 11.8 Å². The number of methoxy groups -OCH3 is 1. The van der Waals surface area contributed by atoms with Crippen LogP contribution in [0.2, 0.25) is 5.02 Å². The Balaban J connectivity index is 1.96. The van der Waals surface area contributed by atoms with Gasteiger partial charge in [0.2, 0.25) is 0 Å². The summed E-state index contributed by atoms with van der Waals surface area (Å²) in [7, 11) is 1.41. The highest BCUT2D eigenvalue weighted by atomic mass is 35.5. The number of halogens is 1. The monoisotopic (exact) mass is 298 g/mol. The third-order valence-corrected chi connectivity index (χ3v) is 3.83. The van der Waals surface area contributed by atoms with Gasteiger partial charge in [0, 0.05) is 18.2 Å². The number of carbonyl (C=O) groups is 1. The first-order chi connectivity index (χ1) is 9.70. The Hall–Kier alpha value is -1.26. The van der Waals surface area contributed by atoms with Crippen molar-refractivity contribution in [2.75, 3.05) is 26.9 Å². The van der Waals surface area contributed by atoms with Crippen molar-refractivity contribution in [1.82, 2.24) is 0 Å². The summed E-state index contributed by atoms with van der Waals surface area (Å²) < 4.78 is 15.9. The van der Waals surface area contributed by atoms with Gasteiger partial charge in [-0.05, 0) is 43.0 Å². The summed E-state index contributed by atoms with van der Waals surface area (Å²) >= 11 is 5.83. The van der Waals surface area contributed by atoms with Crippen LogP contribution in [0.15, 0.2) is 24.3 Å². The minimum atomic E-state index is -0.250. The van der Waals surface area contributed by atoms with Gasteiger partial charge in [0.1, 0.15) is 12.4 Å². The average Bonchev–Trinajstić information content (AvgIpc) is 2.50. The van der Waals surface area contributed by atoms with E-state index in [0.29, 0.717) is 30.6 Å². The molecule has 0 aliphatic carbocycles. The van der Waals surface area contributed by atoms with Crippen LogP contribution in [0.3, 0.4) is 0 Å². The lowest BCUT2D eigenvalue weighted by molar-refractivity contribution is -0.150. The fourth-order valence-electron chi connectivity index (χ4n) is 2.38. The Kier molecular flexibility index (Phi) is 5.68. The summed E-state index contributed by atoms with van der Waals surface area (Å²) in [6.07, 6.45) is 1.73. The molecule has 1 aliphatic heterocycles. The molecule has 0 saturated carbocycles. The first kappa shape index (κ1) is 15.1. The average molecular weight is 299 g/mol. The van der Waals surface area contributed by atoms with E-state index in [1.54, 1.807) is 24.3 Å². The first-order valence-electron chi connectivity index (χ1n) is 6.74. The molecule has 0 spiro atoms. The maximum atomic E-state index is 11.9. The van der Waals surface area contributed by atoms with E-state index in [1.165, 1.54) is 7.11 Å². The standard InChI is InChI=1S/C15H19ClO4/c1-18-15(17)14(11-6-8-19-9-7-11)10-20-13-4-2-12(16)3-5-13/h2-5,11,14H,6-10H2,1H3. The minimum Gasteiger partial charge on any atom is -0.493 e. The van der Waals surface area contributed by atoms with Gasteiger partial charge in [0.05, 0.1) is 13.0 Å². The summed E-state index contributed by atoms with van der Waals surface area (Å²) in [5, 5.41) is 0.659. The highest BCUT2D eigenvalue weighted by Crippen LogP contribution is 2.26. The molecule has 1 aromatic rings. The summed E-state index contributed by atoms with van der Waals surface area (Å²) in [4.78, 5) is 11.9. The third-order valence-electron chi connectivity index (χ3n) is 3.58. The van der Waals surface area contributed by atoms with Crippen LogP contribution in [0.25, 0.3) is 0 Å². The molecule has 1 aliphatic rings. The summed E-state index contributed by atoms with van der Waals surface area (Å²) in [5.41, 5.74) is 0. The van der Waals surface area contributed by atoms with Crippen molar-refractivity contribution in [3.63, 3.8) is 0 Å². The van der Waals surface area contributed by atoms with Gasteiger partial charge in [-0.25, -0.2) is 0 Å². The van der Waals surface area contributed by atoms with E-state index < -0.39 is 0 Å². The fourth-order valence-corrected chi connectivity index (χ4v) is 2.51. The van der Waals surface area contributed by atoms with Crippen molar-refractivity contribution in [2.45, 2.75) is 12.8 Å². The molecule has 0 N–H and O–H groups in total. The van der Waals surface area contributed by atoms with Crippen molar-refractivity contribution in [1.29, 1.82) is 0 Å². The van der Waals surface area contributed by atoms with Crippen LogP contribution in [0.5, 0.6) is 5.75 Å². The number of ether oxygens (including phenoxy) is 3. The molecule has 1 aromatic carbocycles. The molecule has 4 nitrogen and oxygen atoms in total. The molecule has 1 atom stereocenters. The smallest absolute Gasteiger partial charge is 0.312 e. The van der Waals surface area contributed by atoms with Crippen LogP contribution in [-0.4, -0.2) is 32.9 Å². The van der Waals surface area contributed by atoms with Crippen molar-refractivity contribution in [2.24, 2.45) is 11.8 Å². The van der Waals surface area contributed by atoms with Gasteiger partial charge in [0.15, 0.2) is 0 Å². The number of benzene rings is 1. The van der Waals surface area contributed by atoms with Gasteiger partial charge >= 0.3 is 5.97 Å². The number of rotatable bonds is 5. The Morgan fingerprint density at radius 1 is 1.35 bits per heavy atom. The largest absolute Gasteiger partial charge is 0.493 e. The molecule has 1 unspecified atom stereocenters. The number of hydrogen-bond acceptors (Lipinski definition) is 4. The quantitative estimate of drug-likeness (QED) is 0.784. The highest BCUT2D eigenvalue weighted by Gasteiger charge is 2.31. The molecule has 110 valence electrons. The molecule has 1 heterocycles. The fraction of sp³-hybridized carbons (Fsp3) is 0.533. The van der Waals surface area contributed by atoms with E-state index >= 15 is 0 Å². The van der Waals surface area contributed by atoms with E-state index in [0.717, 1.165) is 12.8 Å². The lowest BCUT2D eigenvalue weighted by atomic mass is 9.86. The van der Waals surface area contributed by atoms with Gasteiger partial charge in [-0.3, -0.25) is 4.79 Å². The first-order valence-corrected chi connectivity index (χ1v) is 7.12. The Morgan fingerprint density at radius 2 is 2.00 bits per heavy atom. The maximum Gasteiger partial charge on any atom is 0.312 e. The lowest BCUT2D eigenvalue weighted by Gasteiger charge is -2.28. The second kappa shape index (κ2) is 7.50. The normalized spacial score (nSPS) is 17.5. The predicted octanol–water partition coefficient (Wildman–Crippen LogP) is 2.93. The zero-order valence-electron chi connectivity index (χ0n) is 11.5. The molecule has 1 saturated heterocycles. The summed E-state index contributed by atoms with van der Waals surface area (Å²) in [5.74, 6) is 0.490. The topological polar surface area (TPSA) is 44.8 Å². The van der Waals surface area contributed by atoms with Gasteiger partial charge in [0.25, 0.3) is 0 Å². The van der Waals surface area contributed by atoms with Crippen LogP contribution >= 0.6 is 11.6 Å². The second-order valence-corrected chi connectivity index (χ2v) is 5.28. The van der Waals surface area contributed by atoms with E-state index in [2.05, 4.69) is 0 Å². The van der Waals surface area contributed by atoms with Gasteiger partial charge in [-0.2, -0.15) is 0 Å². The van der Waals surface area contributed by atoms with Crippen molar-refractivity contribution in [3.8, 4) is 5.75 Å². The zero-order valence-corrected chi connectivity index (χ0v) is 12.3. The van der Waals surface area contributed by atoms with Crippen LogP contribution in [0.1, 0.15) is 12.8 Å². The van der Waals surface area contributed by atoms with E-state index in [1.807, 2.05) is 0 Å². The summed E-state index contributed by atoms with van der Waals surface area (Å²) in [6.45, 7) is 1.71. The number of hydrogen-bond donors (Lipinski definition) is 0. The third kappa shape index (κ3) is 4.12. The predicted molar refractivity (Wildman–Crippen MR) is 76.0 cm³/mol. The Morgan fingerprint density at radius 3 is 2.60 bits per heavy atom. The van der Waals surface area contributed by atoms with Crippen LogP contribution in [-0.2, 0) is 14.3 Å². The van der Waals surface area contributed by atoms with Crippen LogP contribution in [0.4, 0.5) is 0 Å². The zero-order chi connectivity index (χ0) is 14.4. The molecule has 2 rings (SSSR count). The molecule has 0 bridgehead atoms. The van der Waals surface area contributed by atoms with Crippen molar-refractivity contribution in [3.05, 3.63) is 29.3 Å². The molecule has 0 amide bonds. The van der Waals surface area contributed by atoms with Gasteiger partial charge < -0.3 is 14.2 Å². The Labute approximate surface area is 124 Å². The second-order valence-electron chi connectivity index (χ2n) is 4.84. The number of esters is 1. The molecule has 5 heteroatoms. The lowest BCUT2D eigenvalue weighted by Crippen LogP contribution is -2.34. The SMILES string of the molecule is COC(=O)C(COc1ccc(Cl)cc1)C1CCOCC1. The maximum absolute atomic E-state index is 11.9. The van der Waals surface area contributed by atoms with E-state index in [9.17, 15) is 4.79 Å². The van der Waals surface area contributed by atoms with Gasteiger partial charge in [-0.15, -0.1) is 0 Å². The summed E-state index contributed by atoms with van der Waals surface area (Å²) in [6, 6.07) is 7.11. The number of carbonyl (C=O) groups excluding carboxylic acids is 1. The van der Waals surface area contributed by atoms with Crippen molar-refractivity contribution < 1.29 is 19.0 Å².